The van der Waals surface area contributed by atoms with Gasteiger partial charge >= 0.3 is 0 Å². The Morgan fingerprint density at radius 1 is 1.05 bits per heavy atom. The van der Waals surface area contributed by atoms with Gasteiger partial charge in [-0.1, -0.05) is 47.5 Å². The lowest BCUT2D eigenvalue weighted by Gasteiger charge is -2.10. The van der Waals surface area contributed by atoms with Crippen LogP contribution in [-0.4, -0.2) is 11.7 Å². The molecular weight excluding hydrogens is 293 g/mol. The number of halogens is 2. The van der Waals surface area contributed by atoms with E-state index < -0.39 is 0 Å². The molecule has 2 rings (SSSR count). The van der Waals surface area contributed by atoms with Crippen LogP contribution in [0.1, 0.15) is 17.5 Å². The summed E-state index contributed by atoms with van der Waals surface area (Å²) < 4.78 is 0. The van der Waals surface area contributed by atoms with Gasteiger partial charge in [-0.25, -0.2) is 0 Å². The lowest BCUT2D eigenvalue weighted by molar-refractivity contribution is 0.288. The minimum absolute atomic E-state index is 0.218. The fraction of sp³-hybridized carbons (Fsp3) is 0.250. The topological polar surface area (TPSA) is 32.3 Å². The van der Waals surface area contributed by atoms with Crippen molar-refractivity contribution < 1.29 is 5.11 Å². The molecule has 0 saturated carbocycles. The van der Waals surface area contributed by atoms with Crippen LogP contribution in [0.4, 0.5) is 5.69 Å². The first-order valence-corrected chi connectivity index (χ1v) is 7.33. The molecule has 4 heteroatoms. The minimum Gasteiger partial charge on any atom is -0.396 e. The molecule has 0 aliphatic rings. The normalized spacial score (nSPS) is 10.6. The average molecular weight is 310 g/mol. The zero-order chi connectivity index (χ0) is 14.4. The highest BCUT2D eigenvalue weighted by Crippen LogP contribution is 2.26. The summed E-state index contributed by atoms with van der Waals surface area (Å²) >= 11 is 12.2. The number of anilines is 1. The number of nitrogens with one attached hydrogen (secondary N) is 1. The first-order valence-electron chi connectivity index (χ1n) is 6.57. The van der Waals surface area contributed by atoms with Gasteiger partial charge in [-0.15, -0.1) is 0 Å². The Balaban J connectivity index is 2.01. The molecule has 106 valence electrons. The van der Waals surface area contributed by atoms with E-state index in [1.807, 2.05) is 24.3 Å². The van der Waals surface area contributed by atoms with Crippen molar-refractivity contribution in [3.63, 3.8) is 0 Å². The van der Waals surface area contributed by atoms with Crippen molar-refractivity contribution in [3.05, 3.63) is 63.6 Å². The van der Waals surface area contributed by atoms with E-state index in [1.54, 1.807) is 6.07 Å². The van der Waals surface area contributed by atoms with Crippen LogP contribution in [0.5, 0.6) is 0 Å². The van der Waals surface area contributed by atoms with Crippen molar-refractivity contribution in [2.45, 2.75) is 19.4 Å². The van der Waals surface area contributed by atoms with Gasteiger partial charge in [0.1, 0.15) is 0 Å². The van der Waals surface area contributed by atoms with Gasteiger partial charge in [0, 0.05) is 18.8 Å². The Morgan fingerprint density at radius 2 is 1.85 bits per heavy atom. The molecule has 0 bridgehead atoms. The molecule has 0 spiro atoms. The molecule has 2 aromatic carbocycles. The van der Waals surface area contributed by atoms with Crippen molar-refractivity contribution in [2.24, 2.45) is 0 Å². The van der Waals surface area contributed by atoms with Crippen LogP contribution >= 0.6 is 23.2 Å². The Morgan fingerprint density at radius 3 is 2.65 bits per heavy atom. The fourth-order valence-electron chi connectivity index (χ4n) is 2.00. The van der Waals surface area contributed by atoms with Gasteiger partial charge < -0.3 is 10.4 Å². The highest BCUT2D eigenvalue weighted by molar-refractivity contribution is 6.42. The molecule has 0 heterocycles. The second-order valence-corrected chi connectivity index (χ2v) is 5.38. The molecule has 0 unspecified atom stereocenters. The third-order valence-corrected chi connectivity index (χ3v) is 3.92. The number of benzene rings is 2. The van der Waals surface area contributed by atoms with E-state index in [9.17, 15) is 0 Å². The number of aliphatic hydroxyl groups excluding tert-OH is 1. The number of hydrogen-bond donors (Lipinski definition) is 2. The van der Waals surface area contributed by atoms with Crippen molar-refractivity contribution in [1.82, 2.24) is 0 Å². The summed E-state index contributed by atoms with van der Waals surface area (Å²) in [4.78, 5) is 0. The maximum atomic E-state index is 8.86. The van der Waals surface area contributed by atoms with Gasteiger partial charge in [0.2, 0.25) is 0 Å². The summed E-state index contributed by atoms with van der Waals surface area (Å²) in [5, 5.41) is 13.4. The second-order valence-electron chi connectivity index (χ2n) is 4.59. The monoisotopic (exact) mass is 309 g/mol. The van der Waals surface area contributed by atoms with Gasteiger partial charge in [-0.2, -0.15) is 0 Å². The maximum Gasteiger partial charge on any atom is 0.0642 e. The lowest BCUT2D eigenvalue weighted by Crippen LogP contribution is -2.01. The largest absolute Gasteiger partial charge is 0.396 e. The van der Waals surface area contributed by atoms with Crippen LogP contribution in [0.2, 0.25) is 10.0 Å². The van der Waals surface area contributed by atoms with E-state index in [0.717, 1.165) is 24.1 Å². The van der Waals surface area contributed by atoms with Crippen LogP contribution in [0.25, 0.3) is 0 Å². The summed E-state index contributed by atoms with van der Waals surface area (Å²) in [5.74, 6) is 0. The van der Waals surface area contributed by atoms with Gasteiger partial charge in [0.05, 0.1) is 10.0 Å². The van der Waals surface area contributed by atoms with E-state index in [0.29, 0.717) is 16.6 Å². The standard InChI is InChI=1S/C16H17Cl2NO/c17-15-8-2-6-13(16(15)18)11-19-14-7-1-4-12(10-14)5-3-9-20/h1-2,4,6-8,10,19-20H,3,5,9,11H2. The maximum absolute atomic E-state index is 8.86. The molecule has 0 aliphatic carbocycles. The molecule has 0 aliphatic heterocycles. The van der Waals surface area contributed by atoms with Crippen LogP contribution in [0.15, 0.2) is 42.5 Å². The zero-order valence-corrected chi connectivity index (χ0v) is 12.6. The summed E-state index contributed by atoms with van der Waals surface area (Å²) in [6.07, 6.45) is 1.66. The summed E-state index contributed by atoms with van der Waals surface area (Å²) in [6.45, 7) is 0.846. The van der Waals surface area contributed by atoms with Crippen LogP contribution < -0.4 is 5.32 Å². The van der Waals surface area contributed by atoms with E-state index >= 15 is 0 Å². The van der Waals surface area contributed by atoms with Gasteiger partial charge in [-0.05, 0) is 42.2 Å². The highest BCUT2D eigenvalue weighted by Gasteiger charge is 2.04. The molecule has 0 fully saturated rings. The SMILES string of the molecule is OCCCc1cccc(NCc2cccc(Cl)c2Cl)c1. The molecule has 20 heavy (non-hydrogen) atoms. The molecule has 2 nitrogen and oxygen atoms in total. The first kappa shape index (κ1) is 15.2. The van der Waals surface area contributed by atoms with Crippen LogP contribution in [-0.2, 0) is 13.0 Å². The number of aryl methyl sites for hydroxylation is 1. The van der Waals surface area contributed by atoms with Crippen molar-refractivity contribution in [2.75, 3.05) is 11.9 Å². The van der Waals surface area contributed by atoms with E-state index in [-0.39, 0.29) is 6.61 Å². The van der Waals surface area contributed by atoms with E-state index in [1.165, 1.54) is 5.56 Å². The summed E-state index contributed by atoms with van der Waals surface area (Å²) in [5.41, 5.74) is 3.22. The van der Waals surface area contributed by atoms with Gasteiger partial charge in [-0.3, -0.25) is 0 Å². The van der Waals surface area contributed by atoms with E-state index in [4.69, 9.17) is 28.3 Å². The molecular formula is C16H17Cl2NO. The smallest absolute Gasteiger partial charge is 0.0642 e. The van der Waals surface area contributed by atoms with Crippen LogP contribution in [0, 0.1) is 0 Å². The average Bonchev–Trinajstić information content (AvgIpc) is 2.47. The lowest BCUT2D eigenvalue weighted by atomic mass is 10.1. The molecule has 0 saturated heterocycles. The second kappa shape index (κ2) is 7.53. The fourth-order valence-corrected chi connectivity index (χ4v) is 2.39. The number of aliphatic hydroxyl groups is 1. The highest BCUT2D eigenvalue weighted by atomic mass is 35.5. The Hall–Kier alpha value is -1.22. The summed E-state index contributed by atoms with van der Waals surface area (Å²) in [7, 11) is 0. The Kier molecular flexibility index (Phi) is 5.72. The van der Waals surface area contributed by atoms with Gasteiger partial charge in [0.25, 0.3) is 0 Å². The zero-order valence-electron chi connectivity index (χ0n) is 11.1. The third-order valence-electron chi connectivity index (χ3n) is 3.07. The predicted octanol–water partition coefficient (Wildman–Crippen LogP) is 4.53. The number of rotatable bonds is 6. The van der Waals surface area contributed by atoms with Gasteiger partial charge in [0.15, 0.2) is 0 Å². The molecule has 0 radical (unpaired) electrons. The number of hydrogen-bond acceptors (Lipinski definition) is 2. The third kappa shape index (κ3) is 4.14. The van der Waals surface area contributed by atoms with Crippen LogP contribution in [0.3, 0.4) is 0 Å². The first-order chi connectivity index (χ1) is 9.70. The molecule has 2 N–H and O–H groups in total. The van der Waals surface area contributed by atoms with Crippen molar-refractivity contribution in [1.29, 1.82) is 0 Å². The van der Waals surface area contributed by atoms with Crippen molar-refractivity contribution in [3.8, 4) is 0 Å². The van der Waals surface area contributed by atoms with E-state index in [2.05, 4.69) is 17.4 Å². The predicted molar refractivity (Wildman–Crippen MR) is 85.6 cm³/mol. The van der Waals surface area contributed by atoms with Crippen molar-refractivity contribution >= 4 is 28.9 Å². The summed E-state index contributed by atoms with van der Waals surface area (Å²) in [6, 6.07) is 13.8. The Bertz CT molecular complexity index is 572. The minimum atomic E-state index is 0.218. The quantitative estimate of drug-likeness (QED) is 0.821. The Labute approximate surface area is 129 Å². The molecule has 0 aromatic heterocycles. The molecule has 0 amide bonds. The molecule has 0 atom stereocenters. The molecule has 2 aromatic rings.